The first-order chi connectivity index (χ1) is 14.3. The molecule has 1 aromatic heterocycles. The number of hydrogen-bond acceptors (Lipinski definition) is 4. The van der Waals surface area contributed by atoms with Crippen molar-refractivity contribution in [2.24, 2.45) is 10.9 Å². The van der Waals surface area contributed by atoms with E-state index in [9.17, 15) is 4.79 Å². The highest BCUT2D eigenvalue weighted by Gasteiger charge is 2.26. The number of oxime groups is 1. The molecule has 1 atom stereocenters. The van der Waals surface area contributed by atoms with E-state index in [4.69, 9.17) is 10.6 Å². The Morgan fingerprint density at radius 2 is 2.03 bits per heavy atom. The molecule has 1 amide bonds. The molecule has 0 aliphatic heterocycles. The lowest BCUT2D eigenvalue weighted by Gasteiger charge is -2.32. The van der Waals surface area contributed by atoms with E-state index in [-0.39, 0.29) is 11.7 Å². The lowest BCUT2D eigenvalue weighted by molar-refractivity contribution is -0.144. The van der Waals surface area contributed by atoms with Crippen LogP contribution < -0.4 is 5.73 Å². The summed E-state index contributed by atoms with van der Waals surface area (Å²) in [5.41, 5.74) is 10.1. The topological polar surface area (TPSA) is 85.7 Å². The van der Waals surface area contributed by atoms with Crippen molar-refractivity contribution in [3.05, 3.63) is 52.8 Å². The van der Waals surface area contributed by atoms with E-state index in [1.54, 1.807) is 6.92 Å². The van der Waals surface area contributed by atoms with E-state index in [0.717, 1.165) is 35.4 Å². The van der Waals surface area contributed by atoms with Crippen molar-refractivity contribution in [3.8, 4) is 0 Å². The van der Waals surface area contributed by atoms with Gasteiger partial charge in [0.2, 0.25) is 6.10 Å². The van der Waals surface area contributed by atoms with Gasteiger partial charge in [0.1, 0.15) is 0 Å². The summed E-state index contributed by atoms with van der Waals surface area (Å²) in [6.45, 7) is 6.40. The Morgan fingerprint density at radius 3 is 2.70 bits per heavy atom. The van der Waals surface area contributed by atoms with Gasteiger partial charge in [-0.25, -0.2) is 0 Å². The molecule has 7 heteroatoms. The molecule has 0 spiro atoms. The molecule has 0 radical (unpaired) electrons. The van der Waals surface area contributed by atoms with Crippen LogP contribution in [0.25, 0.3) is 0 Å². The zero-order valence-electron chi connectivity index (χ0n) is 18.5. The molecule has 30 heavy (non-hydrogen) atoms. The Kier molecular flexibility index (Phi) is 7.13. The monoisotopic (exact) mass is 411 g/mol. The number of hydrogen-bond donors (Lipinski definition) is 1. The van der Waals surface area contributed by atoms with Crippen molar-refractivity contribution in [1.82, 2.24) is 14.7 Å². The van der Waals surface area contributed by atoms with Crippen LogP contribution in [0.5, 0.6) is 0 Å². The molecule has 1 saturated carbocycles. The molecular formula is C23H33N5O2. The van der Waals surface area contributed by atoms with Gasteiger partial charge in [0.15, 0.2) is 5.84 Å². The van der Waals surface area contributed by atoms with Gasteiger partial charge in [0.05, 0.1) is 12.2 Å². The standard InChI is InChI=1S/C23H33N5O2/c1-16-13-17(2)28(25-16)15-19-9-8-10-20(14-19)22(24)26-30-18(3)23(29)27(4)21-11-6-5-7-12-21/h8-10,13-14,18,21H,5-7,11-12,15H2,1-4H3,(H2,24,26). The molecule has 0 saturated heterocycles. The predicted octanol–water partition coefficient (Wildman–Crippen LogP) is 3.36. The number of rotatable bonds is 7. The second-order valence-electron chi connectivity index (χ2n) is 8.25. The van der Waals surface area contributed by atoms with Crippen molar-refractivity contribution >= 4 is 11.7 Å². The largest absolute Gasteiger partial charge is 0.381 e. The Hall–Kier alpha value is -2.83. The lowest BCUT2D eigenvalue weighted by Crippen LogP contribution is -2.43. The Bertz CT molecular complexity index is 899. The normalized spacial score (nSPS) is 16.3. The van der Waals surface area contributed by atoms with Crippen LogP contribution in [-0.4, -0.2) is 45.6 Å². The predicted molar refractivity (Wildman–Crippen MR) is 118 cm³/mol. The maximum Gasteiger partial charge on any atom is 0.266 e. The molecule has 3 rings (SSSR count). The van der Waals surface area contributed by atoms with Gasteiger partial charge in [-0.2, -0.15) is 5.10 Å². The second-order valence-corrected chi connectivity index (χ2v) is 8.25. The summed E-state index contributed by atoms with van der Waals surface area (Å²) in [4.78, 5) is 19.9. The number of likely N-dealkylation sites (N-methyl/N-ethyl adjacent to an activating group) is 1. The summed E-state index contributed by atoms with van der Waals surface area (Å²) in [7, 11) is 1.85. The van der Waals surface area contributed by atoms with Gasteiger partial charge in [-0.05, 0) is 51.3 Å². The number of nitrogens with two attached hydrogens (primary N) is 1. The third-order valence-corrected chi connectivity index (χ3v) is 5.79. The van der Waals surface area contributed by atoms with E-state index in [1.807, 2.05) is 54.7 Å². The lowest BCUT2D eigenvalue weighted by atomic mass is 9.94. The molecule has 162 valence electrons. The molecule has 2 aromatic rings. The zero-order chi connectivity index (χ0) is 21.7. The molecule has 1 unspecified atom stereocenters. The number of amidine groups is 1. The van der Waals surface area contributed by atoms with Crippen LogP contribution in [0.1, 0.15) is 61.5 Å². The summed E-state index contributed by atoms with van der Waals surface area (Å²) < 4.78 is 1.96. The number of benzene rings is 1. The molecule has 1 aliphatic carbocycles. The van der Waals surface area contributed by atoms with Crippen LogP contribution in [0.3, 0.4) is 0 Å². The van der Waals surface area contributed by atoms with E-state index in [2.05, 4.69) is 16.3 Å². The average molecular weight is 412 g/mol. The molecule has 1 heterocycles. The first-order valence-corrected chi connectivity index (χ1v) is 10.7. The van der Waals surface area contributed by atoms with Gasteiger partial charge < -0.3 is 15.5 Å². The molecule has 0 bridgehead atoms. The quantitative estimate of drug-likeness (QED) is 0.430. The molecule has 1 aromatic carbocycles. The Labute approximate surface area is 178 Å². The number of carbonyl (C=O) groups excluding carboxylic acids is 1. The first kappa shape index (κ1) is 21.9. The van der Waals surface area contributed by atoms with Gasteiger partial charge >= 0.3 is 0 Å². The highest BCUT2D eigenvalue weighted by Crippen LogP contribution is 2.22. The number of nitrogens with zero attached hydrogens (tertiary/aromatic N) is 4. The van der Waals surface area contributed by atoms with Crippen LogP contribution in [0, 0.1) is 13.8 Å². The smallest absolute Gasteiger partial charge is 0.266 e. The molecular weight excluding hydrogens is 378 g/mol. The van der Waals surface area contributed by atoms with Crippen LogP contribution in [0.2, 0.25) is 0 Å². The first-order valence-electron chi connectivity index (χ1n) is 10.7. The fourth-order valence-electron chi connectivity index (χ4n) is 4.01. The van der Waals surface area contributed by atoms with Gasteiger partial charge in [-0.15, -0.1) is 0 Å². The van der Waals surface area contributed by atoms with E-state index in [1.165, 1.54) is 19.3 Å². The summed E-state index contributed by atoms with van der Waals surface area (Å²) in [5, 5.41) is 8.54. The fraction of sp³-hybridized carbons (Fsp3) is 0.522. The number of aryl methyl sites for hydroxylation is 2. The van der Waals surface area contributed by atoms with Crippen molar-refractivity contribution in [1.29, 1.82) is 0 Å². The number of aromatic nitrogens is 2. The second kappa shape index (κ2) is 9.78. The molecule has 1 aliphatic rings. The highest BCUT2D eigenvalue weighted by molar-refractivity contribution is 5.97. The minimum Gasteiger partial charge on any atom is -0.381 e. The van der Waals surface area contributed by atoms with Crippen molar-refractivity contribution in [3.63, 3.8) is 0 Å². The SMILES string of the molecule is Cc1cc(C)n(Cc2cccc(/C(N)=N\OC(C)C(=O)N(C)C3CCCCC3)c2)n1. The minimum atomic E-state index is -0.673. The summed E-state index contributed by atoms with van der Waals surface area (Å²) >= 11 is 0. The molecule has 2 N–H and O–H groups in total. The van der Waals surface area contributed by atoms with Crippen LogP contribution in [0.4, 0.5) is 0 Å². The minimum absolute atomic E-state index is 0.0586. The average Bonchev–Trinajstić information content (AvgIpc) is 3.07. The maximum absolute atomic E-state index is 12.7. The number of amides is 1. The third-order valence-electron chi connectivity index (χ3n) is 5.79. The van der Waals surface area contributed by atoms with Gasteiger partial charge in [0, 0.05) is 24.3 Å². The van der Waals surface area contributed by atoms with Crippen LogP contribution >= 0.6 is 0 Å². The summed E-state index contributed by atoms with van der Waals surface area (Å²) in [6, 6.07) is 10.2. The summed E-state index contributed by atoms with van der Waals surface area (Å²) in [6.07, 6.45) is 5.05. The van der Waals surface area contributed by atoms with E-state index in [0.29, 0.717) is 12.6 Å². The third kappa shape index (κ3) is 5.40. The zero-order valence-corrected chi connectivity index (χ0v) is 18.5. The highest BCUT2D eigenvalue weighted by atomic mass is 16.6. The maximum atomic E-state index is 12.7. The Morgan fingerprint density at radius 1 is 1.30 bits per heavy atom. The molecule has 1 fully saturated rings. The van der Waals surface area contributed by atoms with Gasteiger partial charge in [-0.3, -0.25) is 9.48 Å². The molecule has 7 nitrogen and oxygen atoms in total. The van der Waals surface area contributed by atoms with E-state index < -0.39 is 6.10 Å². The Balaban J connectivity index is 1.62. The van der Waals surface area contributed by atoms with Crippen molar-refractivity contribution < 1.29 is 9.63 Å². The fourth-order valence-corrected chi connectivity index (χ4v) is 4.01. The summed E-state index contributed by atoms with van der Waals surface area (Å²) in [5.74, 6) is 0.196. The number of carbonyl (C=O) groups is 1. The van der Waals surface area contributed by atoms with Crippen molar-refractivity contribution in [2.75, 3.05) is 7.05 Å². The van der Waals surface area contributed by atoms with Gasteiger partial charge in [0.25, 0.3) is 5.91 Å². The van der Waals surface area contributed by atoms with E-state index >= 15 is 0 Å². The van der Waals surface area contributed by atoms with Crippen molar-refractivity contribution in [2.45, 2.75) is 71.6 Å². The van der Waals surface area contributed by atoms with Crippen LogP contribution in [0.15, 0.2) is 35.5 Å². The van der Waals surface area contributed by atoms with Crippen LogP contribution in [-0.2, 0) is 16.2 Å². The van der Waals surface area contributed by atoms with Gasteiger partial charge in [-0.1, -0.05) is 42.6 Å².